The van der Waals surface area contributed by atoms with Crippen LogP contribution in [0.4, 0.5) is 10.6 Å². The molecule has 140 valence electrons. The van der Waals surface area contributed by atoms with Crippen LogP contribution in [0.15, 0.2) is 66.7 Å². The van der Waals surface area contributed by atoms with Crippen LogP contribution < -0.4 is 10.1 Å². The molecule has 0 fully saturated rings. The second-order valence-corrected chi connectivity index (χ2v) is 6.43. The molecule has 3 aromatic rings. The topological polar surface area (TPSA) is 65.4 Å². The number of carbonyl (C=O) groups excluding carboxylic acids is 1. The molecule has 1 aromatic heterocycles. The van der Waals surface area contributed by atoms with Gasteiger partial charge in [0, 0.05) is 12.7 Å². The van der Waals surface area contributed by atoms with Crippen LogP contribution in [0.1, 0.15) is 26.5 Å². The highest BCUT2D eigenvalue weighted by Gasteiger charge is 2.26. The van der Waals surface area contributed by atoms with Gasteiger partial charge >= 0.3 is 6.09 Å². The Balaban J connectivity index is 1.90. The summed E-state index contributed by atoms with van der Waals surface area (Å²) in [7, 11) is 0. The third kappa shape index (κ3) is 4.54. The summed E-state index contributed by atoms with van der Waals surface area (Å²) in [5.74, 6) is 0.973. The number of nitrogens with one attached hydrogen (secondary N) is 1. The van der Waals surface area contributed by atoms with Crippen molar-refractivity contribution < 1.29 is 14.3 Å². The van der Waals surface area contributed by atoms with E-state index in [9.17, 15) is 4.79 Å². The molecule has 0 saturated carbocycles. The molecule has 6 nitrogen and oxygen atoms in total. The van der Waals surface area contributed by atoms with Crippen LogP contribution in [0, 0.1) is 0 Å². The van der Waals surface area contributed by atoms with Gasteiger partial charge in [0.15, 0.2) is 0 Å². The monoisotopic (exact) mass is 365 g/mol. The van der Waals surface area contributed by atoms with Crippen molar-refractivity contribution in [2.75, 3.05) is 11.9 Å². The predicted molar refractivity (Wildman–Crippen MR) is 104 cm³/mol. The first-order chi connectivity index (χ1) is 13.0. The average Bonchev–Trinajstić information content (AvgIpc) is 3.08. The third-order valence-corrected chi connectivity index (χ3v) is 4.02. The zero-order chi connectivity index (χ0) is 19.3. The van der Waals surface area contributed by atoms with Crippen molar-refractivity contribution in [3.05, 3.63) is 72.4 Å². The number of rotatable bonds is 6. The van der Waals surface area contributed by atoms with E-state index in [1.807, 2.05) is 57.2 Å². The summed E-state index contributed by atoms with van der Waals surface area (Å²) in [4.78, 5) is 12.3. The van der Waals surface area contributed by atoms with E-state index in [1.54, 1.807) is 35.0 Å². The van der Waals surface area contributed by atoms with Crippen LogP contribution in [-0.2, 0) is 10.3 Å². The minimum absolute atomic E-state index is 0.468. The van der Waals surface area contributed by atoms with E-state index in [-0.39, 0.29) is 0 Å². The van der Waals surface area contributed by atoms with Gasteiger partial charge in [0.05, 0.1) is 11.4 Å². The van der Waals surface area contributed by atoms with E-state index in [0.717, 1.165) is 5.69 Å². The summed E-state index contributed by atoms with van der Waals surface area (Å²) in [5.41, 5.74) is 0.948. The molecule has 2 aromatic carbocycles. The lowest BCUT2D eigenvalue weighted by Gasteiger charge is -2.21. The van der Waals surface area contributed by atoms with Gasteiger partial charge in [-0.25, -0.2) is 9.48 Å². The number of hydrogen-bond acceptors (Lipinski definition) is 4. The number of carbonyl (C=O) groups is 1. The molecule has 0 spiro atoms. The number of benzene rings is 2. The van der Waals surface area contributed by atoms with Gasteiger partial charge in [0.1, 0.15) is 17.2 Å². The lowest BCUT2D eigenvalue weighted by molar-refractivity contribution is -0.0175. The highest BCUT2D eigenvalue weighted by molar-refractivity contribution is 5.85. The van der Waals surface area contributed by atoms with Crippen LogP contribution in [0.5, 0.6) is 5.75 Å². The number of hydrogen-bond donors (Lipinski definition) is 1. The Morgan fingerprint density at radius 3 is 2.33 bits per heavy atom. The second-order valence-electron chi connectivity index (χ2n) is 6.43. The molecule has 3 rings (SSSR count). The summed E-state index contributed by atoms with van der Waals surface area (Å²) in [5, 5.41) is 7.43. The maximum absolute atomic E-state index is 12.3. The van der Waals surface area contributed by atoms with Gasteiger partial charge < -0.3 is 9.47 Å². The minimum Gasteiger partial charge on any atom is -0.410 e. The van der Waals surface area contributed by atoms with Crippen molar-refractivity contribution in [2.24, 2.45) is 0 Å². The van der Waals surface area contributed by atoms with E-state index in [0.29, 0.717) is 23.9 Å². The molecule has 0 bridgehead atoms. The van der Waals surface area contributed by atoms with Crippen molar-refractivity contribution in [1.82, 2.24) is 9.78 Å². The summed E-state index contributed by atoms with van der Waals surface area (Å²) >= 11 is 0. The van der Waals surface area contributed by atoms with Gasteiger partial charge in [0.25, 0.3) is 0 Å². The van der Waals surface area contributed by atoms with Crippen molar-refractivity contribution in [1.29, 1.82) is 0 Å². The number of aromatic nitrogens is 2. The first-order valence-corrected chi connectivity index (χ1v) is 8.83. The molecule has 0 atom stereocenters. The van der Waals surface area contributed by atoms with Crippen LogP contribution in [0.2, 0.25) is 0 Å². The van der Waals surface area contributed by atoms with Gasteiger partial charge in [-0.1, -0.05) is 36.4 Å². The summed E-state index contributed by atoms with van der Waals surface area (Å²) in [6, 6.07) is 20.3. The first kappa shape index (κ1) is 18.7. The largest absolute Gasteiger partial charge is 0.418 e. The smallest absolute Gasteiger partial charge is 0.410 e. The third-order valence-electron chi connectivity index (χ3n) is 4.02. The molecule has 6 heteroatoms. The molecule has 0 radical (unpaired) electrons. The Morgan fingerprint density at radius 1 is 1.07 bits per heavy atom. The van der Waals surface area contributed by atoms with E-state index >= 15 is 0 Å². The number of nitrogens with zero attached hydrogens (tertiary/aromatic N) is 2. The fourth-order valence-corrected chi connectivity index (χ4v) is 2.69. The van der Waals surface area contributed by atoms with Crippen molar-refractivity contribution in [3.8, 4) is 11.4 Å². The molecular weight excluding hydrogens is 342 g/mol. The number of anilines is 1. The highest BCUT2D eigenvalue weighted by atomic mass is 16.6. The van der Waals surface area contributed by atoms with E-state index in [1.165, 1.54) is 0 Å². The maximum atomic E-state index is 12.3. The fourth-order valence-electron chi connectivity index (χ4n) is 2.69. The van der Waals surface area contributed by atoms with Crippen LogP contribution in [0.25, 0.3) is 5.69 Å². The van der Waals surface area contributed by atoms with Gasteiger partial charge in [-0.3, -0.25) is 5.32 Å². The summed E-state index contributed by atoms with van der Waals surface area (Å²) < 4.78 is 12.8. The highest BCUT2D eigenvalue weighted by Crippen LogP contribution is 2.28. The molecular formula is C21H23N3O3. The molecule has 0 aliphatic rings. The first-order valence-electron chi connectivity index (χ1n) is 8.83. The lowest BCUT2D eigenvalue weighted by atomic mass is 10.1. The standard InChI is InChI=1S/C21H23N3O3/c1-4-26-21(2,3)18-15-19(24(23-18)16-11-7-5-8-12-16)22-20(25)27-17-13-9-6-10-14-17/h5-15H,4H2,1-3H3,(H,22,25). The summed E-state index contributed by atoms with van der Waals surface area (Å²) in [6.07, 6.45) is -0.584. The molecule has 1 heterocycles. The van der Waals surface area contributed by atoms with Gasteiger partial charge in [-0.05, 0) is 45.0 Å². The zero-order valence-corrected chi connectivity index (χ0v) is 15.7. The average molecular weight is 365 g/mol. The van der Waals surface area contributed by atoms with E-state index in [2.05, 4.69) is 10.4 Å². The molecule has 1 N–H and O–H groups in total. The van der Waals surface area contributed by atoms with Gasteiger partial charge in [0.2, 0.25) is 0 Å². The molecule has 0 saturated heterocycles. The zero-order valence-electron chi connectivity index (χ0n) is 15.7. The number of ether oxygens (including phenoxy) is 2. The minimum atomic E-state index is -0.589. The Kier molecular flexibility index (Phi) is 5.57. The maximum Gasteiger partial charge on any atom is 0.418 e. The van der Waals surface area contributed by atoms with Crippen molar-refractivity contribution >= 4 is 11.9 Å². The van der Waals surface area contributed by atoms with Gasteiger partial charge in [-0.15, -0.1) is 0 Å². The SMILES string of the molecule is CCOC(C)(C)c1cc(NC(=O)Oc2ccccc2)n(-c2ccccc2)n1. The van der Waals surface area contributed by atoms with Crippen LogP contribution in [-0.4, -0.2) is 22.5 Å². The van der Waals surface area contributed by atoms with Crippen LogP contribution in [0.3, 0.4) is 0 Å². The Morgan fingerprint density at radius 2 is 1.70 bits per heavy atom. The van der Waals surface area contributed by atoms with Crippen molar-refractivity contribution in [3.63, 3.8) is 0 Å². The molecule has 1 amide bonds. The quantitative estimate of drug-likeness (QED) is 0.684. The molecule has 0 aliphatic heterocycles. The molecule has 0 aliphatic carbocycles. The molecule has 0 unspecified atom stereocenters. The Bertz CT molecular complexity index is 890. The summed E-state index contributed by atoms with van der Waals surface area (Å²) in [6.45, 7) is 6.39. The number of para-hydroxylation sites is 2. The lowest BCUT2D eigenvalue weighted by Crippen LogP contribution is -2.22. The predicted octanol–water partition coefficient (Wildman–Crippen LogP) is 4.75. The molecule has 27 heavy (non-hydrogen) atoms. The Hall–Kier alpha value is -3.12. The van der Waals surface area contributed by atoms with E-state index < -0.39 is 11.7 Å². The number of amides is 1. The fraction of sp³-hybridized carbons (Fsp3) is 0.238. The van der Waals surface area contributed by atoms with E-state index in [4.69, 9.17) is 9.47 Å². The van der Waals surface area contributed by atoms with Gasteiger partial charge in [-0.2, -0.15) is 5.10 Å². The Labute approximate surface area is 158 Å². The normalized spacial score (nSPS) is 11.2. The van der Waals surface area contributed by atoms with Crippen molar-refractivity contribution in [2.45, 2.75) is 26.4 Å². The second kappa shape index (κ2) is 8.05. The van der Waals surface area contributed by atoms with Crippen LogP contribution >= 0.6 is 0 Å².